The van der Waals surface area contributed by atoms with E-state index in [0.29, 0.717) is 19.6 Å². The number of carbonyl (C=O) groups excluding carboxylic acids is 2. The Balaban J connectivity index is 1.79. The van der Waals surface area contributed by atoms with Crippen LogP contribution in [0.3, 0.4) is 0 Å². The number of hydrogen-bond acceptors (Lipinski definition) is 3. The van der Waals surface area contributed by atoms with Gasteiger partial charge in [0.05, 0.1) is 5.41 Å². The fraction of sp³-hybridized carbons (Fsp3) is 0.556. The number of hydrogen-bond donors (Lipinski definition) is 1. The number of rotatable bonds is 3. The Kier molecular flexibility index (Phi) is 4.49. The molecule has 2 aliphatic rings. The van der Waals surface area contributed by atoms with Crippen molar-refractivity contribution in [3.05, 3.63) is 35.9 Å². The van der Waals surface area contributed by atoms with Gasteiger partial charge in [0.2, 0.25) is 5.91 Å². The molecule has 2 aliphatic heterocycles. The molecule has 2 saturated heterocycles. The van der Waals surface area contributed by atoms with E-state index in [2.05, 4.69) is 22.3 Å². The summed E-state index contributed by atoms with van der Waals surface area (Å²) in [6.45, 7) is 3.54. The van der Waals surface area contributed by atoms with Gasteiger partial charge in [0.15, 0.2) is 0 Å². The molecule has 2 fully saturated rings. The van der Waals surface area contributed by atoms with Crippen LogP contribution in [0, 0.1) is 11.3 Å². The van der Waals surface area contributed by atoms with E-state index in [1.54, 1.807) is 30.9 Å². The molecule has 0 spiro atoms. The van der Waals surface area contributed by atoms with Gasteiger partial charge < -0.3 is 15.1 Å². The van der Waals surface area contributed by atoms with Gasteiger partial charge in [-0.05, 0) is 5.56 Å². The minimum atomic E-state index is -0.481. The molecule has 3 amide bonds. The second-order valence-corrected chi connectivity index (χ2v) is 7.14. The summed E-state index contributed by atoms with van der Waals surface area (Å²) in [6.07, 6.45) is 0. The lowest BCUT2D eigenvalue weighted by atomic mass is 9.80. The van der Waals surface area contributed by atoms with Crippen LogP contribution in [0.1, 0.15) is 5.56 Å². The van der Waals surface area contributed by atoms with Crippen molar-refractivity contribution in [1.29, 1.82) is 0 Å². The Morgan fingerprint density at radius 3 is 2.54 bits per heavy atom. The van der Waals surface area contributed by atoms with Crippen LogP contribution in [0.4, 0.5) is 4.79 Å². The summed E-state index contributed by atoms with van der Waals surface area (Å²) < 4.78 is 0. The summed E-state index contributed by atoms with van der Waals surface area (Å²) in [5, 5.41) is 2.68. The molecule has 2 heterocycles. The molecule has 1 aromatic carbocycles. The second kappa shape index (κ2) is 6.43. The van der Waals surface area contributed by atoms with E-state index in [9.17, 15) is 9.59 Å². The summed E-state index contributed by atoms with van der Waals surface area (Å²) >= 11 is 0. The van der Waals surface area contributed by atoms with Crippen molar-refractivity contribution in [2.75, 3.05) is 47.3 Å². The summed E-state index contributed by atoms with van der Waals surface area (Å²) in [5.74, 6) is 0.322. The van der Waals surface area contributed by atoms with E-state index in [-0.39, 0.29) is 17.9 Å². The number of urea groups is 1. The molecule has 0 aliphatic carbocycles. The fourth-order valence-electron chi connectivity index (χ4n) is 4.19. The van der Waals surface area contributed by atoms with Crippen LogP contribution in [0.2, 0.25) is 0 Å². The monoisotopic (exact) mass is 330 g/mol. The summed E-state index contributed by atoms with van der Waals surface area (Å²) in [6, 6.07) is 10.2. The van der Waals surface area contributed by atoms with Crippen LogP contribution in [0.5, 0.6) is 0 Å². The van der Waals surface area contributed by atoms with Crippen LogP contribution in [-0.4, -0.2) is 74.0 Å². The van der Waals surface area contributed by atoms with E-state index in [4.69, 9.17) is 0 Å². The van der Waals surface area contributed by atoms with Crippen LogP contribution < -0.4 is 5.32 Å². The van der Waals surface area contributed by atoms with Crippen molar-refractivity contribution in [3.63, 3.8) is 0 Å². The van der Waals surface area contributed by atoms with Gasteiger partial charge in [-0.15, -0.1) is 0 Å². The lowest BCUT2D eigenvalue weighted by molar-refractivity contribution is -0.139. The zero-order valence-electron chi connectivity index (χ0n) is 14.7. The van der Waals surface area contributed by atoms with Gasteiger partial charge >= 0.3 is 6.03 Å². The number of carbonyl (C=O) groups is 2. The highest BCUT2D eigenvalue weighted by Crippen LogP contribution is 2.44. The van der Waals surface area contributed by atoms with E-state index >= 15 is 0 Å². The Morgan fingerprint density at radius 2 is 1.92 bits per heavy atom. The maximum Gasteiger partial charge on any atom is 0.317 e. The Hall–Kier alpha value is -2.08. The van der Waals surface area contributed by atoms with Gasteiger partial charge in [-0.3, -0.25) is 9.69 Å². The number of benzene rings is 1. The molecule has 0 radical (unpaired) electrons. The Morgan fingerprint density at radius 1 is 1.21 bits per heavy atom. The maximum atomic E-state index is 12.9. The molecular formula is C18H26N4O2. The van der Waals surface area contributed by atoms with Gasteiger partial charge in [-0.1, -0.05) is 30.3 Å². The van der Waals surface area contributed by atoms with E-state index < -0.39 is 5.41 Å². The first kappa shape index (κ1) is 16.8. The van der Waals surface area contributed by atoms with Crippen molar-refractivity contribution in [3.8, 4) is 0 Å². The molecule has 0 bridgehead atoms. The molecular weight excluding hydrogens is 304 g/mol. The Labute approximate surface area is 143 Å². The number of nitrogens with one attached hydrogen (secondary N) is 1. The second-order valence-electron chi connectivity index (χ2n) is 7.14. The fourth-order valence-corrected chi connectivity index (χ4v) is 4.19. The van der Waals surface area contributed by atoms with E-state index in [0.717, 1.165) is 13.1 Å². The lowest BCUT2D eigenvalue weighted by Crippen LogP contribution is -2.48. The highest BCUT2D eigenvalue weighted by Gasteiger charge is 2.58. The largest absolute Gasteiger partial charge is 0.348 e. The average Bonchev–Trinajstić information content (AvgIpc) is 3.08. The third-order valence-electron chi connectivity index (χ3n) is 5.26. The number of likely N-dealkylation sites (tertiary alicyclic amines) is 2. The minimum Gasteiger partial charge on any atom is -0.348 e. The van der Waals surface area contributed by atoms with Gasteiger partial charge in [-0.25, -0.2) is 4.79 Å². The zero-order chi connectivity index (χ0) is 17.3. The number of fused-ring (bicyclic) bond motifs is 1. The van der Waals surface area contributed by atoms with Crippen molar-refractivity contribution in [2.45, 2.75) is 6.54 Å². The van der Waals surface area contributed by atoms with Gasteiger partial charge in [0.25, 0.3) is 0 Å². The normalized spacial score (nSPS) is 26.3. The third-order valence-corrected chi connectivity index (χ3v) is 5.26. The third kappa shape index (κ3) is 2.86. The average molecular weight is 330 g/mol. The summed E-state index contributed by atoms with van der Waals surface area (Å²) in [4.78, 5) is 30.8. The smallest absolute Gasteiger partial charge is 0.317 e. The van der Waals surface area contributed by atoms with Crippen LogP contribution in [-0.2, 0) is 11.3 Å². The quantitative estimate of drug-likeness (QED) is 0.894. The van der Waals surface area contributed by atoms with Crippen LogP contribution >= 0.6 is 0 Å². The van der Waals surface area contributed by atoms with Crippen LogP contribution in [0.15, 0.2) is 30.3 Å². The standard InChI is InChI=1S/C18H26N4O2/c1-19-17(24)22-11-15-10-21(9-14-7-5-4-6-8-14)12-18(15,13-22)16(23)20(2)3/h4-8,15H,9-13H2,1-3H3,(H,19,24)/t15-,18-/m0/s1. The highest BCUT2D eigenvalue weighted by atomic mass is 16.2. The van der Waals surface area contributed by atoms with Crippen molar-refractivity contribution < 1.29 is 9.59 Å². The molecule has 6 nitrogen and oxygen atoms in total. The molecule has 1 aromatic rings. The summed E-state index contributed by atoms with van der Waals surface area (Å²) in [5.41, 5.74) is 0.776. The molecule has 0 saturated carbocycles. The maximum absolute atomic E-state index is 12.9. The van der Waals surface area contributed by atoms with Gasteiger partial charge in [0.1, 0.15) is 0 Å². The van der Waals surface area contributed by atoms with Crippen molar-refractivity contribution in [1.82, 2.24) is 20.0 Å². The Bertz CT molecular complexity index is 619. The molecule has 0 unspecified atom stereocenters. The van der Waals surface area contributed by atoms with Gasteiger partial charge in [0, 0.05) is 59.8 Å². The molecule has 2 atom stereocenters. The predicted molar refractivity (Wildman–Crippen MR) is 92.4 cm³/mol. The van der Waals surface area contributed by atoms with Crippen molar-refractivity contribution in [2.24, 2.45) is 11.3 Å². The van der Waals surface area contributed by atoms with E-state index in [1.165, 1.54) is 5.56 Å². The summed E-state index contributed by atoms with van der Waals surface area (Å²) in [7, 11) is 5.24. The molecule has 6 heteroatoms. The molecule has 130 valence electrons. The number of amides is 3. The zero-order valence-corrected chi connectivity index (χ0v) is 14.7. The predicted octanol–water partition coefficient (Wildman–Crippen LogP) is 0.848. The minimum absolute atomic E-state index is 0.0926. The first-order chi connectivity index (χ1) is 11.5. The molecule has 0 aromatic heterocycles. The van der Waals surface area contributed by atoms with Gasteiger partial charge in [-0.2, -0.15) is 0 Å². The topological polar surface area (TPSA) is 55.9 Å². The SMILES string of the molecule is CNC(=O)N1C[C@@H]2CN(Cc3ccccc3)C[C@]2(C(=O)N(C)C)C1. The lowest BCUT2D eigenvalue weighted by Gasteiger charge is -2.30. The molecule has 3 rings (SSSR count). The van der Waals surface area contributed by atoms with Crippen molar-refractivity contribution >= 4 is 11.9 Å². The van der Waals surface area contributed by atoms with Crippen LogP contribution in [0.25, 0.3) is 0 Å². The highest BCUT2D eigenvalue weighted by molar-refractivity contribution is 5.86. The number of nitrogens with zero attached hydrogens (tertiary/aromatic N) is 3. The molecule has 1 N–H and O–H groups in total. The first-order valence-corrected chi connectivity index (χ1v) is 8.41. The van der Waals surface area contributed by atoms with E-state index in [1.807, 2.05) is 18.2 Å². The molecule has 24 heavy (non-hydrogen) atoms. The first-order valence-electron chi connectivity index (χ1n) is 8.41.